The molecule has 0 fully saturated rings. The van der Waals surface area contributed by atoms with Gasteiger partial charge in [-0.1, -0.05) is 34.7 Å². The number of ether oxygens (including phenoxy) is 1. The first-order chi connectivity index (χ1) is 7.72. The predicted molar refractivity (Wildman–Crippen MR) is 71.4 cm³/mol. The SMILES string of the molecule is O=C(O)COc1cccc(CCCCI)c1. The van der Waals surface area contributed by atoms with Crippen LogP contribution in [0.5, 0.6) is 5.75 Å². The van der Waals surface area contributed by atoms with Crippen molar-refractivity contribution >= 4 is 28.6 Å². The summed E-state index contributed by atoms with van der Waals surface area (Å²) < 4.78 is 6.29. The highest BCUT2D eigenvalue weighted by Crippen LogP contribution is 2.15. The number of alkyl halides is 1. The summed E-state index contributed by atoms with van der Waals surface area (Å²) in [5.41, 5.74) is 1.20. The number of halogens is 1. The van der Waals surface area contributed by atoms with Crippen LogP contribution in [0.3, 0.4) is 0 Å². The molecule has 1 aromatic carbocycles. The van der Waals surface area contributed by atoms with Crippen molar-refractivity contribution in [3.8, 4) is 5.75 Å². The number of carbonyl (C=O) groups is 1. The molecule has 4 heteroatoms. The fraction of sp³-hybridized carbons (Fsp3) is 0.417. The third kappa shape index (κ3) is 5.34. The van der Waals surface area contributed by atoms with Crippen LogP contribution >= 0.6 is 22.6 Å². The quantitative estimate of drug-likeness (QED) is 0.474. The van der Waals surface area contributed by atoms with E-state index in [1.165, 1.54) is 16.4 Å². The number of carboxylic acids is 1. The lowest BCUT2D eigenvalue weighted by Gasteiger charge is -2.05. The maximum Gasteiger partial charge on any atom is 0.341 e. The van der Waals surface area contributed by atoms with Crippen molar-refractivity contribution in [2.75, 3.05) is 11.0 Å². The van der Waals surface area contributed by atoms with Crippen molar-refractivity contribution in [1.29, 1.82) is 0 Å². The molecule has 0 radical (unpaired) electrons. The molecule has 0 aliphatic rings. The molecule has 3 nitrogen and oxygen atoms in total. The summed E-state index contributed by atoms with van der Waals surface area (Å²) in [5, 5.41) is 8.49. The van der Waals surface area contributed by atoms with E-state index >= 15 is 0 Å². The Labute approximate surface area is 109 Å². The maximum absolute atomic E-state index is 10.3. The first-order valence-electron chi connectivity index (χ1n) is 5.22. The van der Waals surface area contributed by atoms with Crippen molar-refractivity contribution in [3.63, 3.8) is 0 Å². The lowest BCUT2D eigenvalue weighted by molar-refractivity contribution is -0.139. The van der Waals surface area contributed by atoms with Crippen LogP contribution in [0.1, 0.15) is 18.4 Å². The van der Waals surface area contributed by atoms with E-state index in [-0.39, 0.29) is 6.61 Å². The van der Waals surface area contributed by atoms with Gasteiger partial charge in [-0.3, -0.25) is 0 Å². The maximum atomic E-state index is 10.3. The largest absolute Gasteiger partial charge is 0.482 e. The third-order valence-corrected chi connectivity index (χ3v) is 2.87. The highest BCUT2D eigenvalue weighted by atomic mass is 127. The Morgan fingerprint density at radius 2 is 2.19 bits per heavy atom. The van der Waals surface area contributed by atoms with Crippen molar-refractivity contribution in [1.82, 2.24) is 0 Å². The Kier molecular flexibility index (Phi) is 6.22. The summed E-state index contributed by atoms with van der Waals surface area (Å²) >= 11 is 2.37. The van der Waals surface area contributed by atoms with E-state index in [2.05, 4.69) is 22.6 Å². The number of aryl methyl sites for hydroxylation is 1. The van der Waals surface area contributed by atoms with Crippen molar-refractivity contribution in [2.45, 2.75) is 19.3 Å². The molecule has 1 N–H and O–H groups in total. The van der Waals surface area contributed by atoms with Gasteiger partial charge in [-0.2, -0.15) is 0 Å². The van der Waals surface area contributed by atoms with Gasteiger partial charge in [-0.25, -0.2) is 4.79 Å². The minimum absolute atomic E-state index is 0.281. The second kappa shape index (κ2) is 7.49. The Morgan fingerprint density at radius 1 is 1.38 bits per heavy atom. The molecule has 0 bridgehead atoms. The molecule has 0 saturated carbocycles. The zero-order valence-corrected chi connectivity index (χ0v) is 11.1. The van der Waals surface area contributed by atoms with E-state index in [0.29, 0.717) is 5.75 Å². The fourth-order valence-corrected chi connectivity index (χ4v) is 1.90. The van der Waals surface area contributed by atoms with E-state index in [1.807, 2.05) is 18.2 Å². The summed E-state index contributed by atoms with van der Waals surface area (Å²) in [6.07, 6.45) is 3.39. The average molecular weight is 334 g/mol. The molecule has 0 aliphatic carbocycles. The van der Waals surface area contributed by atoms with E-state index in [9.17, 15) is 4.79 Å². The molecule has 88 valence electrons. The summed E-state index contributed by atoms with van der Waals surface area (Å²) in [6, 6.07) is 7.64. The molecule has 0 saturated heterocycles. The van der Waals surface area contributed by atoms with Gasteiger partial charge in [0.25, 0.3) is 0 Å². The summed E-state index contributed by atoms with van der Waals surface area (Å²) in [5.74, 6) is -0.315. The number of hydrogen-bond donors (Lipinski definition) is 1. The monoisotopic (exact) mass is 334 g/mol. The Bertz CT molecular complexity index is 339. The fourth-order valence-electron chi connectivity index (χ4n) is 1.36. The minimum atomic E-state index is -0.949. The standard InChI is InChI=1S/C12H15IO3/c13-7-2-1-4-10-5-3-6-11(8-10)16-9-12(14)15/h3,5-6,8H,1-2,4,7,9H2,(H,14,15). The topological polar surface area (TPSA) is 46.5 Å². The number of carboxylic acid groups (broad SMARTS) is 1. The van der Waals surface area contributed by atoms with Gasteiger partial charge in [0.2, 0.25) is 0 Å². The Balaban J connectivity index is 2.46. The zero-order chi connectivity index (χ0) is 11.8. The van der Waals surface area contributed by atoms with Crippen LogP contribution in [0.25, 0.3) is 0 Å². The molecule has 1 aromatic rings. The highest BCUT2D eigenvalue weighted by molar-refractivity contribution is 14.1. The van der Waals surface area contributed by atoms with Crippen molar-refractivity contribution < 1.29 is 14.6 Å². The number of aliphatic carboxylic acids is 1. The molecule has 0 unspecified atom stereocenters. The Hall–Kier alpha value is -0.780. The Morgan fingerprint density at radius 3 is 2.88 bits per heavy atom. The van der Waals surface area contributed by atoms with E-state index in [1.54, 1.807) is 6.07 Å². The molecule has 0 atom stereocenters. The summed E-state index contributed by atoms with van der Waals surface area (Å²) in [7, 11) is 0. The number of rotatable bonds is 7. The van der Waals surface area contributed by atoms with Gasteiger partial charge in [0.15, 0.2) is 6.61 Å². The van der Waals surface area contributed by atoms with Crippen LogP contribution in [0.4, 0.5) is 0 Å². The van der Waals surface area contributed by atoms with Gasteiger partial charge in [0.1, 0.15) is 5.75 Å². The molecule has 0 aliphatic heterocycles. The molecule has 0 amide bonds. The molecule has 16 heavy (non-hydrogen) atoms. The third-order valence-electron chi connectivity index (χ3n) is 2.11. The smallest absolute Gasteiger partial charge is 0.341 e. The zero-order valence-electron chi connectivity index (χ0n) is 8.99. The first-order valence-corrected chi connectivity index (χ1v) is 6.74. The second-order valence-electron chi connectivity index (χ2n) is 3.48. The van der Waals surface area contributed by atoms with Crippen LogP contribution in [0.2, 0.25) is 0 Å². The van der Waals surface area contributed by atoms with E-state index < -0.39 is 5.97 Å². The van der Waals surface area contributed by atoms with Gasteiger partial charge >= 0.3 is 5.97 Å². The molecular formula is C12H15IO3. The molecule has 1 rings (SSSR count). The van der Waals surface area contributed by atoms with Gasteiger partial charge in [-0.05, 0) is 41.4 Å². The number of unbranched alkanes of at least 4 members (excludes halogenated alkanes) is 1. The normalized spacial score (nSPS) is 10.1. The lowest BCUT2D eigenvalue weighted by Crippen LogP contribution is -2.09. The van der Waals surface area contributed by atoms with Crippen molar-refractivity contribution in [2.24, 2.45) is 0 Å². The molecule has 0 spiro atoms. The molecule has 0 heterocycles. The molecular weight excluding hydrogens is 319 g/mol. The number of hydrogen-bond acceptors (Lipinski definition) is 2. The van der Waals surface area contributed by atoms with Gasteiger partial charge in [0.05, 0.1) is 0 Å². The molecule has 0 aromatic heterocycles. The average Bonchev–Trinajstić information content (AvgIpc) is 2.27. The first kappa shape index (κ1) is 13.3. The van der Waals surface area contributed by atoms with Crippen LogP contribution < -0.4 is 4.74 Å². The second-order valence-corrected chi connectivity index (χ2v) is 4.55. The van der Waals surface area contributed by atoms with Crippen LogP contribution in [-0.2, 0) is 11.2 Å². The predicted octanol–water partition coefficient (Wildman–Crippen LogP) is 2.91. The van der Waals surface area contributed by atoms with Crippen LogP contribution in [0.15, 0.2) is 24.3 Å². The summed E-state index contributed by atoms with van der Waals surface area (Å²) in [4.78, 5) is 10.3. The highest BCUT2D eigenvalue weighted by Gasteiger charge is 2.00. The van der Waals surface area contributed by atoms with Gasteiger partial charge in [0, 0.05) is 0 Å². The van der Waals surface area contributed by atoms with Crippen molar-refractivity contribution in [3.05, 3.63) is 29.8 Å². The minimum Gasteiger partial charge on any atom is -0.482 e. The lowest BCUT2D eigenvalue weighted by atomic mass is 10.1. The van der Waals surface area contributed by atoms with Gasteiger partial charge < -0.3 is 9.84 Å². The summed E-state index contributed by atoms with van der Waals surface area (Å²) in [6.45, 7) is -0.281. The van der Waals surface area contributed by atoms with E-state index in [0.717, 1.165) is 12.8 Å². The van der Waals surface area contributed by atoms with Crippen LogP contribution in [0, 0.1) is 0 Å². The van der Waals surface area contributed by atoms with Gasteiger partial charge in [-0.15, -0.1) is 0 Å². The van der Waals surface area contributed by atoms with Crippen LogP contribution in [-0.4, -0.2) is 22.1 Å². The van der Waals surface area contributed by atoms with E-state index in [4.69, 9.17) is 9.84 Å². The number of benzene rings is 1.